The van der Waals surface area contributed by atoms with E-state index in [0.29, 0.717) is 17.0 Å². The number of likely N-dealkylation sites (tertiary alicyclic amines) is 1. The molecule has 3 N–H and O–H groups in total. The molecule has 0 radical (unpaired) electrons. The lowest BCUT2D eigenvalue weighted by molar-refractivity contribution is 0.0912. The fourth-order valence-corrected chi connectivity index (χ4v) is 2.80. The third-order valence-electron chi connectivity index (χ3n) is 3.99. The molecule has 0 atom stereocenters. The molecule has 0 bridgehead atoms. The smallest absolute Gasteiger partial charge is 0.253 e. The summed E-state index contributed by atoms with van der Waals surface area (Å²) < 4.78 is 5.16. The van der Waals surface area contributed by atoms with Crippen LogP contribution < -0.4 is 15.8 Å². The monoisotopic (exact) mass is 291 g/mol. The summed E-state index contributed by atoms with van der Waals surface area (Å²) in [5.74, 6) is 0.431. The quantitative estimate of drug-likeness (QED) is 0.813. The summed E-state index contributed by atoms with van der Waals surface area (Å²) in [6.45, 7) is 5.43. The zero-order valence-electron chi connectivity index (χ0n) is 12.9. The molecule has 5 heteroatoms. The van der Waals surface area contributed by atoms with E-state index in [1.165, 1.54) is 6.42 Å². The van der Waals surface area contributed by atoms with Crippen LogP contribution in [0.4, 0.5) is 5.69 Å². The summed E-state index contributed by atoms with van der Waals surface area (Å²) in [5, 5.41) is 3.09. The zero-order valence-corrected chi connectivity index (χ0v) is 12.9. The standard InChI is InChI=1S/C16H25N3O2/c1-3-9-19-10-7-12(8-11-19)18-16(20)13-5-4-6-14(21-2)15(13)17/h4-6,12H,3,7-11,17H2,1-2H3,(H,18,20). The van der Waals surface area contributed by atoms with Gasteiger partial charge in [0.1, 0.15) is 5.75 Å². The van der Waals surface area contributed by atoms with Gasteiger partial charge in [0.25, 0.3) is 5.91 Å². The van der Waals surface area contributed by atoms with Crippen LogP contribution in [0.3, 0.4) is 0 Å². The highest BCUT2D eigenvalue weighted by Crippen LogP contribution is 2.25. The van der Waals surface area contributed by atoms with Gasteiger partial charge in [-0.05, 0) is 37.9 Å². The summed E-state index contributed by atoms with van der Waals surface area (Å²) in [4.78, 5) is 14.8. The van der Waals surface area contributed by atoms with Crippen molar-refractivity contribution < 1.29 is 9.53 Å². The predicted octanol–water partition coefficient (Wildman–Crippen LogP) is 1.88. The predicted molar refractivity (Wildman–Crippen MR) is 84.6 cm³/mol. The number of ether oxygens (including phenoxy) is 1. The Morgan fingerprint density at radius 3 is 2.76 bits per heavy atom. The van der Waals surface area contributed by atoms with Crippen LogP contribution in [0.1, 0.15) is 36.5 Å². The van der Waals surface area contributed by atoms with Crippen LogP contribution in [0.25, 0.3) is 0 Å². The number of nitrogens with one attached hydrogen (secondary N) is 1. The van der Waals surface area contributed by atoms with Gasteiger partial charge in [0.2, 0.25) is 0 Å². The first-order valence-electron chi connectivity index (χ1n) is 7.61. The SMILES string of the molecule is CCCN1CCC(NC(=O)c2cccc(OC)c2N)CC1. The van der Waals surface area contributed by atoms with Gasteiger partial charge in [0, 0.05) is 19.1 Å². The summed E-state index contributed by atoms with van der Waals surface area (Å²) in [7, 11) is 1.55. The number of nitrogens with two attached hydrogens (primary N) is 1. The molecule has 0 spiro atoms. The first-order valence-corrected chi connectivity index (χ1v) is 7.61. The summed E-state index contributed by atoms with van der Waals surface area (Å²) in [6, 6.07) is 5.51. The van der Waals surface area contributed by atoms with E-state index >= 15 is 0 Å². The van der Waals surface area contributed by atoms with Crippen molar-refractivity contribution in [2.75, 3.05) is 32.5 Å². The number of benzene rings is 1. The van der Waals surface area contributed by atoms with Gasteiger partial charge in [-0.15, -0.1) is 0 Å². The number of carbonyl (C=O) groups is 1. The van der Waals surface area contributed by atoms with Crippen molar-refractivity contribution in [1.29, 1.82) is 0 Å². The number of amides is 1. The minimum Gasteiger partial charge on any atom is -0.495 e. The molecule has 1 saturated heterocycles. The maximum absolute atomic E-state index is 12.3. The molecule has 1 aromatic rings. The number of hydrogen-bond acceptors (Lipinski definition) is 4. The first kappa shape index (κ1) is 15.6. The van der Waals surface area contributed by atoms with Crippen LogP contribution in [0.2, 0.25) is 0 Å². The molecule has 1 aliphatic heterocycles. The number of methoxy groups -OCH3 is 1. The summed E-state index contributed by atoms with van der Waals surface area (Å²) in [6.07, 6.45) is 3.17. The second-order valence-corrected chi connectivity index (χ2v) is 5.51. The molecule has 1 aliphatic rings. The number of hydrogen-bond donors (Lipinski definition) is 2. The van der Waals surface area contributed by atoms with E-state index in [2.05, 4.69) is 17.1 Å². The van der Waals surface area contributed by atoms with Gasteiger partial charge >= 0.3 is 0 Å². The number of piperidine rings is 1. The average Bonchev–Trinajstić information content (AvgIpc) is 2.49. The van der Waals surface area contributed by atoms with Gasteiger partial charge in [-0.25, -0.2) is 0 Å². The number of nitrogen functional groups attached to an aromatic ring is 1. The van der Waals surface area contributed by atoms with Crippen LogP contribution in [0.15, 0.2) is 18.2 Å². The van der Waals surface area contributed by atoms with Crippen LogP contribution in [0, 0.1) is 0 Å². The van der Waals surface area contributed by atoms with Gasteiger partial charge in [0.05, 0.1) is 18.4 Å². The molecule has 0 aliphatic carbocycles. The number of para-hydroxylation sites is 1. The molecule has 5 nitrogen and oxygen atoms in total. The highest BCUT2D eigenvalue weighted by atomic mass is 16.5. The van der Waals surface area contributed by atoms with Crippen molar-refractivity contribution in [3.05, 3.63) is 23.8 Å². The average molecular weight is 291 g/mol. The van der Waals surface area contributed by atoms with Crippen molar-refractivity contribution in [3.63, 3.8) is 0 Å². The molecule has 2 rings (SSSR count). The van der Waals surface area contributed by atoms with E-state index in [0.717, 1.165) is 32.5 Å². The lowest BCUT2D eigenvalue weighted by atomic mass is 10.0. The third kappa shape index (κ3) is 3.88. The highest BCUT2D eigenvalue weighted by Gasteiger charge is 2.22. The molecular formula is C16H25N3O2. The van der Waals surface area contributed by atoms with Crippen LogP contribution in [-0.2, 0) is 0 Å². The van der Waals surface area contributed by atoms with Crippen molar-refractivity contribution in [2.45, 2.75) is 32.2 Å². The van der Waals surface area contributed by atoms with E-state index in [4.69, 9.17) is 10.5 Å². The summed E-state index contributed by atoms with van der Waals surface area (Å²) in [5.41, 5.74) is 6.86. The Bertz CT molecular complexity index is 482. The van der Waals surface area contributed by atoms with Gasteiger partial charge in [0.15, 0.2) is 0 Å². The number of rotatable bonds is 5. The maximum atomic E-state index is 12.3. The lowest BCUT2D eigenvalue weighted by Gasteiger charge is -2.32. The Hall–Kier alpha value is -1.75. The Balaban J connectivity index is 1.94. The molecule has 1 fully saturated rings. The van der Waals surface area contributed by atoms with Crippen LogP contribution in [0.5, 0.6) is 5.75 Å². The molecule has 0 saturated carbocycles. The van der Waals surface area contributed by atoms with Crippen molar-refractivity contribution >= 4 is 11.6 Å². The molecule has 1 heterocycles. The van der Waals surface area contributed by atoms with Crippen molar-refractivity contribution in [1.82, 2.24) is 10.2 Å². The van der Waals surface area contributed by atoms with Gasteiger partial charge < -0.3 is 20.7 Å². The van der Waals surface area contributed by atoms with Crippen LogP contribution in [-0.4, -0.2) is 43.6 Å². The maximum Gasteiger partial charge on any atom is 0.253 e. The van der Waals surface area contributed by atoms with E-state index in [-0.39, 0.29) is 11.9 Å². The summed E-state index contributed by atoms with van der Waals surface area (Å²) >= 11 is 0. The van der Waals surface area contributed by atoms with Crippen LogP contribution >= 0.6 is 0 Å². The largest absolute Gasteiger partial charge is 0.495 e. The minimum atomic E-state index is -0.111. The molecule has 1 aromatic carbocycles. The number of anilines is 1. The lowest BCUT2D eigenvalue weighted by Crippen LogP contribution is -2.44. The Morgan fingerprint density at radius 2 is 2.14 bits per heavy atom. The normalized spacial score (nSPS) is 16.7. The van der Waals surface area contributed by atoms with E-state index in [1.807, 2.05) is 0 Å². The van der Waals surface area contributed by atoms with Crippen molar-refractivity contribution in [3.8, 4) is 5.75 Å². The minimum absolute atomic E-state index is 0.111. The number of carbonyl (C=O) groups excluding carboxylic acids is 1. The third-order valence-corrected chi connectivity index (χ3v) is 3.99. The topological polar surface area (TPSA) is 67.6 Å². The van der Waals surface area contributed by atoms with E-state index in [9.17, 15) is 4.79 Å². The molecule has 0 aromatic heterocycles. The zero-order chi connectivity index (χ0) is 15.2. The Kier molecular flexibility index (Phi) is 5.44. The molecule has 0 unspecified atom stereocenters. The van der Waals surface area contributed by atoms with E-state index < -0.39 is 0 Å². The fraction of sp³-hybridized carbons (Fsp3) is 0.562. The first-order chi connectivity index (χ1) is 10.2. The van der Waals surface area contributed by atoms with Gasteiger partial charge in [-0.2, -0.15) is 0 Å². The van der Waals surface area contributed by atoms with Gasteiger partial charge in [-0.3, -0.25) is 4.79 Å². The number of nitrogens with zero attached hydrogens (tertiary/aromatic N) is 1. The molecular weight excluding hydrogens is 266 g/mol. The Labute approximate surface area is 126 Å². The highest BCUT2D eigenvalue weighted by molar-refractivity contribution is 6.00. The molecule has 116 valence electrons. The van der Waals surface area contributed by atoms with Crippen molar-refractivity contribution in [2.24, 2.45) is 0 Å². The second-order valence-electron chi connectivity index (χ2n) is 5.51. The van der Waals surface area contributed by atoms with E-state index in [1.54, 1.807) is 25.3 Å². The Morgan fingerprint density at radius 1 is 1.43 bits per heavy atom. The molecule has 1 amide bonds. The van der Waals surface area contributed by atoms with Gasteiger partial charge in [-0.1, -0.05) is 13.0 Å². The molecule has 21 heavy (non-hydrogen) atoms. The second kappa shape index (κ2) is 7.31. The fourth-order valence-electron chi connectivity index (χ4n) is 2.80.